The van der Waals surface area contributed by atoms with Crippen molar-refractivity contribution in [3.63, 3.8) is 0 Å². The smallest absolute Gasteiger partial charge is 0.244 e. The molecule has 0 atom stereocenters. The molecule has 0 unspecified atom stereocenters. The van der Waals surface area contributed by atoms with E-state index in [9.17, 15) is 4.79 Å². The summed E-state index contributed by atoms with van der Waals surface area (Å²) in [6.07, 6.45) is 15.7. The van der Waals surface area contributed by atoms with E-state index in [1.54, 1.807) is 0 Å². The van der Waals surface area contributed by atoms with Gasteiger partial charge in [0.15, 0.2) is 0 Å². The summed E-state index contributed by atoms with van der Waals surface area (Å²) in [5.41, 5.74) is 5.35. The Morgan fingerprint density at radius 2 is 1.91 bits per heavy atom. The zero-order valence-electron chi connectivity index (χ0n) is 15.2. The van der Waals surface area contributed by atoms with Crippen molar-refractivity contribution >= 4 is 5.91 Å². The number of hydrogen-bond acceptors (Lipinski definition) is 1. The molecule has 0 bridgehead atoms. The lowest BCUT2D eigenvalue weighted by molar-refractivity contribution is -0.115. The third-order valence-electron chi connectivity index (χ3n) is 4.31. The van der Waals surface area contributed by atoms with Crippen LogP contribution >= 0.6 is 0 Å². The summed E-state index contributed by atoms with van der Waals surface area (Å²) in [6.45, 7) is 10.9. The van der Waals surface area contributed by atoms with Gasteiger partial charge in [0.25, 0.3) is 0 Å². The van der Waals surface area contributed by atoms with Crippen molar-refractivity contribution in [2.24, 2.45) is 5.41 Å². The molecule has 0 aliphatic heterocycles. The molecule has 0 heterocycles. The van der Waals surface area contributed by atoms with Crippen LogP contribution in [0.5, 0.6) is 0 Å². The predicted octanol–water partition coefficient (Wildman–Crippen LogP) is 5.43. The van der Waals surface area contributed by atoms with Gasteiger partial charge in [0.05, 0.1) is 0 Å². The van der Waals surface area contributed by atoms with Crippen LogP contribution in [-0.2, 0) is 4.79 Å². The number of allylic oxidation sites excluding steroid dienone is 9. The summed E-state index contributed by atoms with van der Waals surface area (Å²) in [6, 6.07) is 0. The van der Waals surface area contributed by atoms with E-state index >= 15 is 0 Å². The second kappa shape index (κ2) is 8.71. The Labute approximate surface area is 141 Å². The minimum Gasteiger partial charge on any atom is -0.351 e. The molecule has 0 aromatic carbocycles. The lowest BCUT2D eigenvalue weighted by atomic mass is 9.72. The van der Waals surface area contributed by atoms with Gasteiger partial charge < -0.3 is 5.32 Å². The second-order valence-corrected chi connectivity index (χ2v) is 6.96. The van der Waals surface area contributed by atoms with Crippen molar-refractivity contribution in [2.75, 3.05) is 0 Å². The standard InChI is InChI=1S/C21H30NO/c1-16(9-7-10-17(2)15-20(23)22-6)12-13-19-18(3)11-8-14-21(19,4)5/h7,9-10,12-13,15H,6,8,11,14H2,1-5H3,(H,22,23)/b10-7+,13-12+,16-9+,17-15+. The Morgan fingerprint density at radius 3 is 2.52 bits per heavy atom. The minimum atomic E-state index is -0.185. The average molecular weight is 312 g/mol. The number of carbonyl (C=O) groups excluding carboxylic acids is 1. The monoisotopic (exact) mass is 312 g/mol. The van der Waals surface area contributed by atoms with Gasteiger partial charge in [-0.15, -0.1) is 0 Å². The van der Waals surface area contributed by atoms with Gasteiger partial charge in [0, 0.05) is 13.1 Å². The fourth-order valence-corrected chi connectivity index (χ4v) is 2.94. The van der Waals surface area contributed by atoms with Crippen LogP contribution in [0.4, 0.5) is 0 Å². The molecule has 0 fully saturated rings. The summed E-state index contributed by atoms with van der Waals surface area (Å²) in [5.74, 6) is -0.185. The predicted molar refractivity (Wildman–Crippen MR) is 99.6 cm³/mol. The van der Waals surface area contributed by atoms with Gasteiger partial charge in [-0.3, -0.25) is 4.79 Å². The van der Waals surface area contributed by atoms with Crippen molar-refractivity contribution in [3.8, 4) is 0 Å². The number of nitrogens with one attached hydrogen (secondary N) is 1. The number of hydrogen-bond donors (Lipinski definition) is 1. The molecule has 1 N–H and O–H groups in total. The first-order chi connectivity index (χ1) is 10.8. The Bertz CT molecular complexity index is 583. The summed E-state index contributed by atoms with van der Waals surface area (Å²) in [4.78, 5) is 11.2. The van der Waals surface area contributed by atoms with Gasteiger partial charge in [-0.05, 0) is 56.6 Å². The highest BCUT2D eigenvalue weighted by molar-refractivity contribution is 5.88. The fraction of sp³-hybridized carbons (Fsp3) is 0.429. The molecule has 1 radical (unpaired) electrons. The van der Waals surface area contributed by atoms with Gasteiger partial charge in [0.2, 0.25) is 5.91 Å². The highest BCUT2D eigenvalue weighted by Gasteiger charge is 2.26. The number of carbonyl (C=O) groups is 1. The van der Waals surface area contributed by atoms with Crippen LogP contribution in [-0.4, -0.2) is 5.91 Å². The van der Waals surface area contributed by atoms with E-state index in [-0.39, 0.29) is 11.3 Å². The van der Waals surface area contributed by atoms with Gasteiger partial charge >= 0.3 is 0 Å². The van der Waals surface area contributed by atoms with Crippen LogP contribution in [0.25, 0.3) is 0 Å². The van der Waals surface area contributed by atoms with E-state index in [1.807, 2.05) is 19.1 Å². The molecular formula is C21H30NO. The minimum absolute atomic E-state index is 0.185. The summed E-state index contributed by atoms with van der Waals surface area (Å²) >= 11 is 0. The van der Waals surface area contributed by atoms with Crippen molar-refractivity contribution in [2.45, 2.75) is 53.9 Å². The molecule has 0 saturated heterocycles. The maximum absolute atomic E-state index is 11.2. The van der Waals surface area contributed by atoms with Crippen molar-refractivity contribution < 1.29 is 4.79 Å². The maximum Gasteiger partial charge on any atom is 0.244 e. The Morgan fingerprint density at radius 1 is 1.22 bits per heavy atom. The average Bonchev–Trinajstić information content (AvgIpc) is 2.45. The lowest BCUT2D eigenvalue weighted by Gasteiger charge is -2.32. The van der Waals surface area contributed by atoms with Crippen molar-refractivity contribution in [3.05, 3.63) is 65.8 Å². The van der Waals surface area contributed by atoms with E-state index in [1.165, 1.54) is 42.1 Å². The molecule has 0 aromatic rings. The van der Waals surface area contributed by atoms with E-state index in [2.05, 4.69) is 58.3 Å². The third kappa shape index (κ3) is 6.43. The first-order valence-electron chi connectivity index (χ1n) is 8.25. The fourth-order valence-electron chi connectivity index (χ4n) is 2.94. The molecule has 1 aliphatic rings. The molecular weight excluding hydrogens is 282 g/mol. The third-order valence-corrected chi connectivity index (χ3v) is 4.31. The molecule has 0 saturated carbocycles. The Hall–Kier alpha value is -1.83. The van der Waals surface area contributed by atoms with Gasteiger partial charge in [0.1, 0.15) is 0 Å². The highest BCUT2D eigenvalue weighted by atomic mass is 16.1. The molecule has 1 rings (SSSR count). The first kappa shape index (κ1) is 19.2. The summed E-state index contributed by atoms with van der Waals surface area (Å²) in [5, 5.41) is 2.33. The van der Waals surface area contributed by atoms with E-state index in [4.69, 9.17) is 0 Å². The number of rotatable bonds is 5. The van der Waals surface area contributed by atoms with Crippen LogP contribution in [0.3, 0.4) is 0 Å². The second-order valence-electron chi connectivity index (χ2n) is 6.96. The van der Waals surface area contributed by atoms with E-state index < -0.39 is 0 Å². The molecule has 1 amide bonds. The summed E-state index contributed by atoms with van der Waals surface area (Å²) < 4.78 is 0. The van der Waals surface area contributed by atoms with Crippen LogP contribution in [0.2, 0.25) is 0 Å². The van der Waals surface area contributed by atoms with Crippen LogP contribution in [0.15, 0.2) is 58.7 Å². The van der Waals surface area contributed by atoms with Crippen LogP contribution in [0, 0.1) is 12.5 Å². The van der Waals surface area contributed by atoms with Crippen molar-refractivity contribution in [1.29, 1.82) is 0 Å². The Balaban J connectivity index is 2.77. The molecule has 2 heteroatoms. The molecule has 23 heavy (non-hydrogen) atoms. The Kier molecular flexibility index (Phi) is 7.28. The molecule has 0 spiro atoms. The zero-order valence-corrected chi connectivity index (χ0v) is 15.2. The first-order valence-corrected chi connectivity index (χ1v) is 8.25. The number of amides is 1. The van der Waals surface area contributed by atoms with Gasteiger partial charge in [-0.2, -0.15) is 0 Å². The molecule has 0 aromatic heterocycles. The SMILES string of the molecule is [CH2]NC(=O)/C=C(C)/C=C/C=C(C)/C=C/C1=C(C)CCCC1(C)C. The quantitative estimate of drug-likeness (QED) is 0.532. The largest absolute Gasteiger partial charge is 0.351 e. The van der Waals surface area contributed by atoms with Gasteiger partial charge in [-0.1, -0.05) is 55.4 Å². The topological polar surface area (TPSA) is 29.1 Å². The van der Waals surface area contributed by atoms with Crippen LogP contribution in [0.1, 0.15) is 53.9 Å². The molecule has 2 nitrogen and oxygen atoms in total. The zero-order chi connectivity index (χ0) is 17.5. The molecule has 125 valence electrons. The highest BCUT2D eigenvalue weighted by Crippen LogP contribution is 2.40. The van der Waals surface area contributed by atoms with Crippen LogP contribution < -0.4 is 5.32 Å². The summed E-state index contributed by atoms with van der Waals surface area (Å²) in [7, 11) is 3.34. The van der Waals surface area contributed by atoms with Crippen molar-refractivity contribution in [1.82, 2.24) is 5.32 Å². The lowest BCUT2D eigenvalue weighted by Crippen LogP contribution is -2.19. The van der Waals surface area contributed by atoms with E-state index in [0.29, 0.717) is 0 Å². The molecule has 1 aliphatic carbocycles. The van der Waals surface area contributed by atoms with E-state index in [0.717, 1.165) is 5.57 Å². The normalized spacial score (nSPS) is 19.7. The van der Waals surface area contributed by atoms with Gasteiger partial charge in [-0.25, -0.2) is 0 Å². The maximum atomic E-state index is 11.2.